The van der Waals surface area contributed by atoms with Crippen LogP contribution in [0.2, 0.25) is 5.02 Å². The van der Waals surface area contributed by atoms with Crippen LogP contribution in [0.1, 0.15) is 36.5 Å². The van der Waals surface area contributed by atoms with Crippen molar-refractivity contribution in [3.05, 3.63) is 71.0 Å². The van der Waals surface area contributed by atoms with Gasteiger partial charge in [0.1, 0.15) is 0 Å². The number of hydrogen-bond donors (Lipinski definition) is 3. The molecule has 0 heterocycles. The summed E-state index contributed by atoms with van der Waals surface area (Å²) in [4.78, 5) is 12.4. The number of fused-ring (bicyclic) bond motifs is 2. The molecule has 0 radical (unpaired) electrons. The van der Waals surface area contributed by atoms with E-state index in [0.29, 0.717) is 18.6 Å². The van der Waals surface area contributed by atoms with Crippen molar-refractivity contribution in [1.82, 2.24) is 4.72 Å². The molecule has 0 aromatic heterocycles. The van der Waals surface area contributed by atoms with Crippen molar-refractivity contribution in [3.63, 3.8) is 0 Å². The summed E-state index contributed by atoms with van der Waals surface area (Å²) in [7, 11) is -7.84. The number of hydrogen-bond acceptors (Lipinski definition) is 6. The van der Waals surface area contributed by atoms with Gasteiger partial charge in [-0.1, -0.05) is 24.6 Å². The molecular formula is C26H28ClF3N2O6S2. The number of amides is 1. The van der Waals surface area contributed by atoms with Gasteiger partial charge < -0.3 is 10.4 Å². The fraction of sp³-hybridized carbons (Fsp3) is 0.423. The van der Waals surface area contributed by atoms with Crippen LogP contribution in [0, 0.1) is 35.2 Å². The van der Waals surface area contributed by atoms with Crippen LogP contribution in [0.25, 0.3) is 0 Å². The van der Waals surface area contributed by atoms with Gasteiger partial charge in [-0.2, -0.15) is 0 Å². The number of rotatable bonds is 9. The third-order valence-corrected chi connectivity index (χ3v) is 11.8. The summed E-state index contributed by atoms with van der Waals surface area (Å²) in [5, 5.41) is 12.6. The Kier molecular flexibility index (Phi) is 8.46. The minimum absolute atomic E-state index is 0.0422. The summed E-state index contributed by atoms with van der Waals surface area (Å²) in [6, 6.07) is 4.66. The summed E-state index contributed by atoms with van der Waals surface area (Å²) in [6.45, 7) is 5.03. The van der Waals surface area contributed by atoms with Gasteiger partial charge in [-0.3, -0.25) is 4.79 Å². The van der Waals surface area contributed by atoms with E-state index in [1.165, 1.54) is 18.2 Å². The third-order valence-electron chi connectivity index (χ3n) is 7.85. The Balaban J connectivity index is 1.57. The number of benzene rings is 2. The molecule has 40 heavy (non-hydrogen) atoms. The predicted octanol–water partition coefficient (Wildman–Crippen LogP) is 4.05. The van der Waals surface area contributed by atoms with Gasteiger partial charge >= 0.3 is 0 Å². The van der Waals surface area contributed by atoms with Crippen LogP contribution >= 0.6 is 11.6 Å². The van der Waals surface area contributed by atoms with E-state index < -0.39 is 65.9 Å². The van der Waals surface area contributed by atoms with Crippen molar-refractivity contribution in [2.45, 2.75) is 41.9 Å². The lowest BCUT2D eigenvalue weighted by Gasteiger charge is -2.43. The molecule has 2 aliphatic carbocycles. The number of nitrogens with one attached hydrogen (secondary N) is 2. The molecule has 4 rings (SSSR count). The Labute approximate surface area is 235 Å². The molecule has 2 bridgehead atoms. The van der Waals surface area contributed by atoms with Crippen LogP contribution < -0.4 is 10.0 Å². The van der Waals surface area contributed by atoms with Crippen molar-refractivity contribution >= 4 is 43.1 Å². The van der Waals surface area contributed by atoms with E-state index in [4.69, 9.17) is 11.6 Å². The maximum Gasteiger partial charge on any atom is 0.255 e. The summed E-state index contributed by atoms with van der Waals surface area (Å²) in [5.41, 5.74) is -1.99. The molecule has 8 nitrogen and oxygen atoms in total. The van der Waals surface area contributed by atoms with Crippen LogP contribution in [0.3, 0.4) is 0 Å². The fourth-order valence-corrected chi connectivity index (χ4v) is 9.14. The first-order chi connectivity index (χ1) is 18.6. The molecule has 2 aromatic carbocycles. The number of carbonyl (C=O) groups is 1. The smallest absolute Gasteiger partial charge is 0.255 e. The first kappa shape index (κ1) is 30.5. The molecule has 5 atom stereocenters. The number of halogens is 4. The monoisotopic (exact) mass is 620 g/mol. The zero-order valence-corrected chi connectivity index (χ0v) is 23.7. The summed E-state index contributed by atoms with van der Waals surface area (Å²) >= 11 is 6.24. The van der Waals surface area contributed by atoms with E-state index in [-0.39, 0.29) is 52.2 Å². The number of sulfonamides is 1. The van der Waals surface area contributed by atoms with E-state index in [1.54, 1.807) is 0 Å². The molecule has 1 amide bonds. The lowest BCUT2D eigenvalue weighted by molar-refractivity contribution is -0.0576. The van der Waals surface area contributed by atoms with Gasteiger partial charge in [-0.15, -0.1) is 6.58 Å². The van der Waals surface area contributed by atoms with Gasteiger partial charge in [-0.25, -0.2) is 34.7 Å². The minimum Gasteiger partial charge on any atom is -0.388 e. The van der Waals surface area contributed by atoms with Crippen LogP contribution in [-0.4, -0.2) is 51.0 Å². The molecule has 2 aromatic rings. The van der Waals surface area contributed by atoms with E-state index in [2.05, 4.69) is 16.6 Å². The molecule has 2 aliphatic rings. The standard InChI is InChI=1S/C26H28ClF3N2O6S2/c1-3-6-39(35,36)31-13-26(34)16-7-14(2)19(26)12-18(9-16)40(37,38)23-8-15(4-5-20(23)27)25(33)32-17-10-21(28)24(30)22(29)11-17/h3-5,8,10-11,14,16,18-19,31,34H,1,6-7,9,12-13H2,2H3,(H,32,33)/t14-,16?,18+,19?,26+/m0/s1. The maximum absolute atomic E-state index is 13.7. The second-order valence-electron chi connectivity index (χ2n) is 10.4. The van der Waals surface area contributed by atoms with Crippen LogP contribution in [0.4, 0.5) is 18.9 Å². The highest BCUT2D eigenvalue weighted by Crippen LogP contribution is 2.54. The number of anilines is 1. The Morgan fingerprint density at radius 2 is 1.77 bits per heavy atom. The van der Waals surface area contributed by atoms with E-state index in [0.717, 1.165) is 6.07 Å². The fourth-order valence-electron chi connectivity index (χ4n) is 5.89. The van der Waals surface area contributed by atoms with Gasteiger partial charge in [0.15, 0.2) is 27.3 Å². The zero-order chi connectivity index (χ0) is 29.6. The van der Waals surface area contributed by atoms with Gasteiger partial charge in [0.2, 0.25) is 10.0 Å². The SMILES string of the molecule is C=CCS(=O)(=O)NC[C@@]1(O)C2C[C@@H](S(=O)(=O)c3cc(C(=O)Nc4cc(F)c(F)c(F)c4)ccc3Cl)CC1[C@@H](C)C2. The molecule has 0 spiro atoms. The number of aliphatic hydroxyl groups is 1. The van der Waals surface area contributed by atoms with Crippen molar-refractivity contribution in [3.8, 4) is 0 Å². The van der Waals surface area contributed by atoms with Crippen molar-refractivity contribution in [1.29, 1.82) is 0 Å². The molecule has 2 fully saturated rings. The van der Waals surface area contributed by atoms with Crippen molar-refractivity contribution < 1.29 is 39.9 Å². The van der Waals surface area contributed by atoms with E-state index in [1.807, 2.05) is 6.92 Å². The van der Waals surface area contributed by atoms with E-state index in [9.17, 15) is 39.9 Å². The zero-order valence-electron chi connectivity index (χ0n) is 21.3. The van der Waals surface area contributed by atoms with Gasteiger partial charge in [0.05, 0.1) is 26.5 Å². The molecule has 3 N–H and O–H groups in total. The van der Waals surface area contributed by atoms with Crippen molar-refractivity contribution in [2.75, 3.05) is 17.6 Å². The largest absolute Gasteiger partial charge is 0.388 e. The Hall–Kier alpha value is -2.45. The molecule has 218 valence electrons. The van der Waals surface area contributed by atoms with Crippen LogP contribution in [-0.2, 0) is 19.9 Å². The third kappa shape index (κ3) is 5.80. The van der Waals surface area contributed by atoms with Gasteiger partial charge in [0, 0.05) is 29.9 Å². The topological polar surface area (TPSA) is 130 Å². The molecule has 14 heteroatoms. The van der Waals surface area contributed by atoms with Crippen LogP contribution in [0.15, 0.2) is 47.9 Å². The average molecular weight is 621 g/mol. The first-order valence-electron chi connectivity index (χ1n) is 12.4. The maximum atomic E-state index is 13.7. The Bertz CT molecular complexity index is 1550. The Morgan fingerprint density at radius 3 is 2.38 bits per heavy atom. The molecule has 2 unspecified atom stereocenters. The van der Waals surface area contributed by atoms with Gasteiger partial charge in [-0.05, 0) is 55.2 Å². The summed E-state index contributed by atoms with van der Waals surface area (Å²) in [6.07, 6.45) is 1.81. The highest BCUT2D eigenvalue weighted by molar-refractivity contribution is 7.92. The lowest BCUT2D eigenvalue weighted by Crippen LogP contribution is -2.55. The van der Waals surface area contributed by atoms with Crippen LogP contribution in [0.5, 0.6) is 0 Å². The number of carbonyl (C=O) groups excluding carboxylic acids is 1. The highest BCUT2D eigenvalue weighted by atomic mass is 35.5. The lowest BCUT2D eigenvalue weighted by atomic mass is 9.73. The van der Waals surface area contributed by atoms with Gasteiger partial charge in [0.25, 0.3) is 5.91 Å². The molecule has 0 saturated heterocycles. The summed E-state index contributed by atoms with van der Waals surface area (Å²) < 4.78 is 94.5. The van der Waals surface area contributed by atoms with Crippen molar-refractivity contribution in [2.24, 2.45) is 17.8 Å². The minimum atomic E-state index is -4.14. The summed E-state index contributed by atoms with van der Waals surface area (Å²) in [5.74, 6) is -7.06. The Morgan fingerprint density at radius 1 is 1.12 bits per heavy atom. The molecule has 0 aliphatic heterocycles. The van der Waals surface area contributed by atoms with E-state index >= 15 is 0 Å². The second-order valence-corrected chi connectivity index (χ2v) is 14.8. The average Bonchev–Trinajstić information content (AvgIpc) is 2.99. The second kappa shape index (κ2) is 11.1. The quantitative estimate of drug-likeness (QED) is 0.287. The number of sulfone groups is 1. The first-order valence-corrected chi connectivity index (χ1v) is 16.0. The molecular weight excluding hydrogens is 593 g/mol. The highest BCUT2D eigenvalue weighted by Gasteiger charge is 2.58. The predicted molar refractivity (Wildman–Crippen MR) is 144 cm³/mol. The molecule has 2 saturated carbocycles. The normalized spacial score (nSPS) is 26.4.